The molecule has 0 aliphatic carbocycles. The number of hydrogen-bond donors (Lipinski definition) is 3. The summed E-state index contributed by atoms with van der Waals surface area (Å²) in [5.41, 5.74) is 12.7. The average Bonchev–Trinajstić information content (AvgIpc) is 2.90. The van der Waals surface area contributed by atoms with Gasteiger partial charge >= 0.3 is 0 Å². The highest BCUT2D eigenvalue weighted by molar-refractivity contribution is 6.35. The lowest BCUT2D eigenvalue weighted by Crippen LogP contribution is -2.32. The van der Waals surface area contributed by atoms with Gasteiger partial charge in [-0.15, -0.1) is 0 Å². The summed E-state index contributed by atoms with van der Waals surface area (Å²) in [5, 5.41) is 7.98. The Morgan fingerprint density at radius 1 is 1.14 bits per heavy atom. The van der Waals surface area contributed by atoms with E-state index in [4.69, 9.17) is 22.3 Å². The number of unbranched alkanes of at least 4 members (excludes halogenated alkanes) is 1. The van der Waals surface area contributed by atoms with Gasteiger partial charge in [0.25, 0.3) is 0 Å². The minimum Gasteiger partial charge on any atom is -0.399 e. The van der Waals surface area contributed by atoms with E-state index in [9.17, 15) is 0 Å². The van der Waals surface area contributed by atoms with Crippen LogP contribution in [0.5, 0.6) is 0 Å². The topological polar surface area (TPSA) is 79.1 Å². The Labute approximate surface area is 226 Å². The second kappa shape index (κ2) is 13.3. The number of nitrogens with one attached hydrogen (secondary N) is 2. The van der Waals surface area contributed by atoms with Gasteiger partial charge in [0.1, 0.15) is 5.82 Å². The van der Waals surface area contributed by atoms with E-state index < -0.39 is 0 Å². The summed E-state index contributed by atoms with van der Waals surface area (Å²) in [4.78, 5) is 11.7. The molecule has 2 heterocycles. The van der Waals surface area contributed by atoms with Crippen LogP contribution in [0.4, 0.5) is 5.82 Å². The van der Waals surface area contributed by atoms with Gasteiger partial charge in [-0.1, -0.05) is 63.7 Å². The van der Waals surface area contributed by atoms with Crippen molar-refractivity contribution in [2.75, 3.05) is 38.5 Å². The molecule has 0 saturated heterocycles. The zero-order valence-electron chi connectivity index (χ0n) is 22.3. The van der Waals surface area contributed by atoms with Gasteiger partial charge in [-0.2, -0.15) is 0 Å². The van der Waals surface area contributed by atoms with Crippen LogP contribution in [0.15, 0.2) is 62.0 Å². The largest absolute Gasteiger partial charge is 0.399 e. The van der Waals surface area contributed by atoms with E-state index in [1.165, 1.54) is 0 Å². The Bertz CT molecular complexity index is 1280. The van der Waals surface area contributed by atoms with Crippen LogP contribution in [0.2, 0.25) is 5.02 Å². The molecule has 0 amide bonds. The van der Waals surface area contributed by atoms with E-state index >= 15 is 0 Å². The summed E-state index contributed by atoms with van der Waals surface area (Å²) in [6, 6.07) is 9.92. The molecule has 37 heavy (non-hydrogen) atoms. The van der Waals surface area contributed by atoms with Crippen molar-refractivity contribution in [3.05, 3.63) is 78.1 Å². The Balaban J connectivity index is 1.92. The number of benzene rings is 1. The van der Waals surface area contributed by atoms with Gasteiger partial charge in [0.05, 0.1) is 16.2 Å². The average molecular weight is 519 g/mol. The predicted molar refractivity (Wildman–Crippen MR) is 161 cm³/mol. The molecule has 6 nitrogen and oxygen atoms in total. The van der Waals surface area contributed by atoms with Crippen LogP contribution in [-0.4, -0.2) is 48.1 Å². The fourth-order valence-corrected chi connectivity index (χ4v) is 4.47. The Hall–Kier alpha value is -3.35. The van der Waals surface area contributed by atoms with Gasteiger partial charge < -0.3 is 21.3 Å². The zero-order valence-corrected chi connectivity index (χ0v) is 23.1. The van der Waals surface area contributed by atoms with Crippen molar-refractivity contribution >= 4 is 39.6 Å². The molecule has 0 aliphatic rings. The zero-order chi connectivity index (χ0) is 26.9. The molecule has 0 bridgehead atoms. The minimum absolute atomic E-state index is 0.434. The first-order chi connectivity index (χ1) is 17.8. The summed E-state index contributed by atoms with van der Waals surface area (Å²) >= 11 is 6.69. The summed E-state index contributed by atoms with van der Waals surface area (Å²) in [6.45, 7) is 20.4. The van der Waals surface area contributed by atoms with Crippen molar-refractivity contribution in [2.45, 2.75) is 33.1 Å². The van der Waals surface area contributed by atoms with Crippen LogP contribution < -0.4 is 16.4 Å². The van der Waals surface area contributed by atoms with Crippen molar-refractivity contribution in [3.8, 4) is 11.3 Å². The predicted octanol–water partition coefficient (Wildman–Crippen LogP) is 6.55. The fraction of sp³-hybridized carbons (Fsp3) is 0.333. The number of hydrogen-bond acceptors (Lipinski definition) is 6. The monoisotopic (exact) mass is 518 g/mol. The van der Waals surface area contributed by atoms with E-state index in [1.807, 2.05) is 18.2 Å². The summed E-state index contributed by atoms with van der Waals surface area (Å²) in [6.07, 6.45) is 5.03. The first-order valence-corrected chi connectivity index (χ1v) is 13.2. The fourth-order valence-electron chi connectivity index (χ4n) is 4.20. The molecule has 0 fully saturated rings. The van der Waals surface area contributed by atoms with Crippen molar-refractivity contribution in [1.29, 1.82) is 0 Å². The van der Waals surface area contributed by atoms with Gasteiger partial charge in [0.2, 0.25) is 0 Å². The maximum Gasteiger partial charge on any atom is 0.135 e. The maximum absolute atomic E-state index is 6.69. The lowest BCUT2D eigenvalue weighted by Gasteiger charge is -2.28. The van der Waals surface area contributed by atoms with Crippen LogP contribution >= 0.6 is 11.6 Å². The van der Waals surface area contributed by atoms with Crippen molar-refractivity contribution in [1.82, 2.24) is 20.2 Å². The third-order valence-electron chi connectivity index (χ3n) is 6.39. The second-order valence-electron chi connectivity index (χ2n) is 9.17. The Morgan fingerprint density at radius 3 is 2.59 bits per heavy atom. The molecule has 1 aromatic carbocycles. The third kappa shape index (κ3) is 7.12. The molecule has 0 aliphatic heterocycles. The molecule has 4 N–H and O–H groups in total. The molecule has 7 heteroatoms. The molecule has 3 aromatic rings. The molecular weight excluding hydrogens is 480 g/mol. The maximum atomic E-state index is 6.69. The van der Waals surface area contributed by atoms with Crippen LogP contribution in [0.1, 0.15) is 44.2 Å². The van der Waals surface area contributed by atoms with Gasteiger partial charge in [-0.05, 0) is 48.7 Å². The standard InChI is InChI=1S/C30H39ClN6/c1-7-9-10-21(4)37(14-13-34-8-2)19-20(3)23-11-12-25-27(31)17-28(36-29(25)16-23)24-15-26(22(5)32)30(33-6)35-18-24/h11-12,15-18,34H,3-5,7-10,13-14,19,32H2,1-2,6H3,(H,33,35). The first-order valence-electron chi connectivity index (χ1n) is 12.8. The van der Waals surface area contributed by atoms with E-state index in [2.05, 4.69) is 66.2 Å². The molecule has 196 valence electrons. The smallest absolute Gasteiger partial charge is 0.135 e. The Morgan fingerprint density at radius 2 is 1.92 bits per heavy atom. The number of anilines is 1. The number of rotatable bonds is 14. The number of allylic oxidation sites excluding steroid dienone is 1. The van der Waals surface area contributed by atoms with E-state index in [1.54, 1.807) is 13.2 Å². The first kappa shape index (κ1) is 28.2. The third-order valence-corrected chi connectivity index (χ3v) is 6.70. The van der Waals surface area contributed by atoms with Crippen molar-refractivity contribution in [2.24, 2.45) is 5.73 Å². The van der Waals surface area contributed by atoms with Gasteiger partial charge in [-0.3, -0.25) is 0 Å². The lowest BCUT2D eigenvalue weighted by atomic mass is 10.0. The summed E-state index contributed by atoms with van der Waals surface area (Å²) in [5.74, 6) is 0.668. The van der Waals surface area contributed by atoms with Gasteiger partial charge in [-0.25, -0.2) is 9.97 Å². The SMILES string of the molecule is C=C(CN(CCNCC)C(=C)CCCC)c1ccc2c(Cl)cc(-c3cnc(NC)c(C(=C)N)c3)nc2c1. The number of likely N-dealkylation sites (N-methyl/N-ethyl adjacent to an activating group) is 1. The molecule has 0 unspecified atom stereocenters. The quantitative estimate of drug-likeness (QED) is 0.210. The lowest BCUT2D eigenvalue weighted by molar-refractivity contribution is 0.366. The molecule has 0 spiro atoms. The summed E-state index contributed by atoms with van der Waals surface area (Å²) < 4.78 is 0. The van der Waals surface area contributed by atoms with Crippen LogP contribution in [-0.2, 0) is 0 Å². The highest BCUT2D eigenvalue weighted by atomic mass is 35.5. The van der Waals surface area contributed by atoms with E-state index in [0.717, 1.165) is 83.5 Å². The normalized spacial score (nSPS) is 10.9. The summed E-state index contributed by atoms with van der Waals surface area (Å²) in [7, 11) is 1.80. The number of pyridine rings is 2. The number of halogens is 1. The molecular formula is C30H39ClN6. The van der Waals surface area contributed by atoms with Crippen molar-refractivity contribution < 1.29 is 0 Å². The molecule has 0 atom stereocenters. The number of fused-ring (bicyclic) bond motifs is 1. The highest BCUT2D eigenvalue weighted by Gasteiger charge is 2.14. The molecule has 0 radical (unpaired) electrons. The van der Waals surface area contributed by atoms with Gasteiger partial charge in [0, 0.05) is 60.8 Å². The second-order valence-corrected chi connectivity index (χ2v) is 9.57. The minimum atomic E-state index is 0.434. The number of aromatic nitrogens is 2. The van der Waals surface area contributed by atoms with Crippen LogP contribution in [0, 0.1) is 0 Å². The number of nitrogens with two attached hydrogens (primary N) is 1. The van der Waals surface area contributed by atoms with Crippen LogP contribution in [0.3, 0.4) is 0 Å². The molecule has 2 aromatic heterocycles. The van der Waals surface area contributed by atoms with E-state index in [0.29, 0.717) is 23.1 Å². The highest BCUT2D eigenvalue weighted by Crippen LogP contribution is 2.32. The van der Waals surface area contributed by atoms with Crippen molar-refractivity contribution in [3.63, 3.8) is 0 Å². The van der Waals surface area contributed by atoms with Crippen LogP contribution in [0.25, 0.3) is 33.4 Å². The molecule has 0 saturated carbocycles. The Kier molecular flexibility index (Phi) is 10.1. The van der Waals surface area contributed by atoms with Gasteiger partial charge in [0.15, 0.2) is 0 Å². The molecule has 3 rings (SSSR count). The number of nitrogens with zero attached hydrogens (tertiary/aromatic N) is 3. The van der Waals surface area contributed by atoms with E-state index in [-0.39, 0.29) is 0 Å².